The minimum atomic E-state index is 0.453. The van der Waals surface area contributed by atoms with E-state index in [1.54, 1.807) is 6.33 Å². The van der Waals surface area contributed by atoms with Crippen LogP contribution in [0.5, 0.6) is 0 Å². The van der Waals surface area contributed by atoms with Crippen LogP contribution < -0.4 is 0 Å². The standard InChI is InChI=1S/C69H51N9/c1-7-24-52(25-8-1)73-58-36-19-37-59(46-58)74(53-26-9-2-10-27-53)61-39-21-41-63(48-61)76(55-30-13-4-14-31-55)65-43-23-45-67(50-65)78(57-34-17-6-18-35-57)69-71-51-70-68(72-69)77(56-32-15-5-16-33-56)66-44-22-42-64(49-66)75(54-28-11-3-12-29-54)62-40-20-38-60(73)47-62/h1-51H. The predicted octanol–water partition coefficient (Wildman–Crippen LogP) is 16.6. The van der Waals surface area contributed by atoms with E-state index in [0.717, 1.165) is 89.3 Å². The third-order valence-electron chi connectivity index (χ3n) is 13.8. The van der Waals surface area contributed by atoms with Gasteiger partial charge in [-0.15, -0.1) is 0 Å². The maximum Gasteiger partial charge on any atom is 0.239 e. The van der Waals surface area contributed by atoms with Gasteiger partial charge in [-0.25, -0.2) is 9.97 Å². The molecule has 11 aromatic carbocycles. The molecule has 0 fully saturated rings. The third kappa shape index (κ3) is 9.40. The molecular formula is C69H51N9. The minimum absolute atomic E-state index is 0.453. The summed E-state index contributed by atoms with van der Waals surface area (Å²) in [6.45, 7) is 0. The molecule has 0 aliphatic rings. The van der Waals surface area contributed by atoms with Gasteiger partial charge < -0.3 is 18.3 Å². The van der Waals surface area contributed by atoms with Gasteiger partial charge in [0.2, 0.25) is 11.6 Å². The Labute approximate surface area is 450 Å². The first-order chi connectivity index (χ1) is 38.7. The molecule has 2 aromatic heterocycles. The maximum atomic E-state index is 5.40. The zero-order valence-corrected chi connectivity index (χ0v) is 42.5. The second-order valence-corrected chi connectivity index (χ2v) is 18.7. The minimum Gasteiger partial charge on any atom is -0.310 e. The van der Waals surface area contributed by atoms with Crippen LogP contribution in [0.1, 0.15) is 0 Å². The molecule has 13 rings (SSSR count). The lowest BCUT2D eigenvalue weighted by molar-refractivity contribution is 0.983. The van der Waals surface area contributed by atoms with E-state index in [9.17, 15) is 0 Å². The van der Waals surface area contributed by atoms with E-state index in [2.05, 4.69) is 294 Å². The number of para-hydroxylation sites is 6. The van der Waals surface area contributed by atoms with E-state index in [1.165, 1.54) is 0 Å². The molecule has 0 spiro atoms. The van der Waals surface area contributed by atoms with Gasteiger partial charge in [0, 0.05) is 78.3 Å². The van der Waals surface area contributed by atoms with Crippen LogP contribution in [-0.2, 0) is 0 Å². The molecule has 9 heteroatoms. The quantitative estimate of drug-likeness (QED) is 0.167. The van der Waals surface area contributed by atoms with Gasteiger partial charge in [-0.2, -0.15) is 4.98 Å². The van der Waals surface area contributed by atoms with Crippen molar-refractivity contribution in [3.63, 3.8) is 0 Å². The fourth-order valence-corrected chi connectivity index (χ4v) is 10.4. The summed E-state index contributed by atoms with van der Waals surface area (Å²) < 4.78 is 13.5. The molecule has 2 heterocycles. The average molecular weight is 1010 g/mol. The number of hydrogen-bond acceptors (Lipinski definition) is 3. The predicted molar refractivity (Wildman–Crippen MR) is 320 cm³/mol. The van der Waals surface area contributed by atoms with Crippen molar-refractivity contribution >= 4 is 66.7 Å². The monoisotopic (exact) mass is 1010 g/mol. The SMILES string of the molecule is c1ccc(-n2c3cccc(c3)n(-c3ccccc3)c3cccc(c3)n(-c3ccccc3)c3cccc(c3)n(-c3ccccc3)c3ncnc(n3)n(-c3ccccc3)c3cccc(c3)n(-c3ccccc3)c3cccc2c3)cc1. The van der Waals surface area contributed by atoms with E-state index >= 15 is 0 Å². The molecule has 13 aromatic rings. The van der Waals surface area contributed by atoms with Gasteiger partial charge in [0.1, 0.15) is 6.33 Å². The van der Waals surface area contributed by atoms with Crippen molar-refractivity contribution < 1.29 is 0 Å². The summed E-state index contributed by atoms with van der Waals surface area (Å²) in [5.41, 5.74) is 15.4. The topological polar surface area (TPSA) is 68.2 Å². The lowest BCUT2D eigenvalue weighted by Gasteiger charge is -2.16. The Balaban J connectivity index is 1.27. The number of hydrogen-bond donors (Lipinski definition) is 0. The number of benzene rings is 11. The van der Waals surface area contributed by atoms with Crippen molar-refractivity contribution in [2.75, 3.05) is 0 Å². The van der Waals surface area contributed by atoms with Crippen LogP contribution in [0.2, 0.25) is 0 Å². The van der Waals surface area contributed by atoms with Crippen LogP contribution in [0.15, 0.2) is 310 Å². The first kappa shape index (κ1) is 47.0. The third-order valence-corrected chi connectivity index (χ3v) is 13.8. The normalized spacial score (nSPS) is 11.1. The largest absolute Gasteiger partial charge is 0.310 e. The summed E-state index contributed by atoms with van der Waals surface area (Å²) >= 11 is 0. The lowest BCUT2D eigenvalue weighted by Crippen LogP contribution is -2.06. The molecule has 0 radical (unpaired) electrons. The van der Waals surface area contributed by atoms with Crippen LogP contribution in [0.3, 0.4) is 0 Å². The number of nitrogens with zero attached hydrogens (tertiary/aromatic N) is 9. The Morgan fingerprint density at radius 3 is 0.564 bits per heavy atom. The van der Waals surface area contributed by atoms with Gasteiger partial charge in [-0.3, -0.25) is 9.13 Å². The van der Waals surface area contributed by atoms with Crippen molar-refractivity contribution in [2.24, 2.45) is 0 Å². The van der Waals surface area contributed by atoms with E-state index in [0.29, 0.717) is 11.6 Å². The van der Waals surface area contributed by atoms with Crippen molar-refractivity contribution in [1.29, 1.82) is 0 Å². The summed E-state index contributed by atoms with van der Waals surface area (Å²) in [4.78, 5) is 15.3. The Morgan fingerprint density at radius 2 is 0.359 bits per heavy atom. The molecule has 372 valence electrons. The van der Waals surface area contributed by atoms with Gasteiger partial charge in [0.15, 0.2) is 0 Å². The second-order valence-electron chi connectivity index (χ2n) is 18.7. The van der Waals surface area contributed by atoms with Gasteiger partial charge in [-0.05, 0) is 164 Å². The van der Waals surface area contributed by atoms with Gasteiger partial charge in [0.05, 0.1) is 11.0 Å². The molecule has 0 aliphatic heterocycles. The molecule has 0 saturated heterocycles. The molecule has 0 atom stereocenters. The summed E-state index contributed by atoms with van der Waals surface area (Å²) in [6.07, 6.45) is 1.61. The zero-order valence-electron chi connectivity index (χ0n) is 42.5. The van der Waals surface area contributed by atoms with E-state index in [4.69, 9.17) is 15.0 Å². The van der Waals surface area contributed by atoms with E-state index in [1.807, 2.05) is 36.4 Å². The molecule has 0 aliphatic carbocycles. The Morgan fingerprint density at radius 1 is 0.179 bits per heavy atom. The van der Waals surface area contributed by atoms with Gasteiger partial charge >= 0.3 is 0 Å². The van der Waals surface area contributed by atoms with Crippen LogP contribution >= 0.6 is 0 Å². The van der Waals surface area contributed by atoms with Gasteiger partial charge in [-0.1, -0.05) is 140 Å². The highest BCUT2D eigenvalue weighted by molar-refractivity contribution is 5.79. The summed E-state index contributed by atoms with van der Waals surface area (Å²) in [5, 5.41) is 0. The van der Waals surface area contributed by atoms with Crippen molar-refractivity contribution in [1.82, 2.24) is 42.4 Å². The fraction of sp³-hybridized carbons (Fsp3) is 0. The first-order valence-electron chi connectivity index (χ1n) is 26.0. The van der Waals surface area contributed by atoms with Crippen molar-refractivity contribution in [3.05, 3.63) is 310 Å². The molecule has 78 heavy (non-hydrogen) atoms. The zero-order chi connectivity index (χ0) is 52.0. The molecular weight excluding hydrogens is 955 g/mol. The Hall–Kier alpha value is -10.8. The van der Waals surface area contributed by atoms with Crippen molar-refractivity contribution in [3.8, 4) is 34.1 Å². The molecule has 0 unspecified atom stereocenters. The molecule has 12 bridgehead atoms. The van der Waals surface area contributed by atoms with Crippen LogP contribution in [0.25, 0.3) is 101 Å². The van der Waals surface area contributed by atoms with Crippen molar-refractivity contribution in [2.45, 2.75) is 0 Å². The molecule has 0 amide bonds. The van der Waals surface area contributed by atoms with Gasteiger partial charge in [0.25, 0.3) is 0 Å². The second kappa shape index (κ2) is 21.2. The number of rotatable bonds is 6. The number of aromatic nitrogens is 9. The summed E-state index contributed by atoms with van der Waals surface area (Å²) in [6, 6.07) is 106. The van der Waals surface area contributed by atoms with Crippen LogP contribution in [0.4, 0.5) is 0 Å². The molecule has 9 nitrogen and oxygen atoms in total. The summed E-state index contributed by atoms with van der Waals surface area (Å²) in [7, 11) is 0. The average Bonchev–Trinajstić information content (AvgIpc) is 3.51. The van der Waals surface area contributed by atoms with Crippen LogP contribution in [-0.4, -0.2) is 42.4 Å². The van der Waals surface area contributed by atoms with Crippen LogP contribution in [0, 0.1) is 0 Å². The maximum absolute atomic E-state index is 5.40. The Kier molecular flexibility index (Phi) is 12.8. The highest BCUT2D eigenvalue weighted by atomic mass is 15.2. The lowest BCUT2D eigenvalue weighted by atomic mass is 10.2. The summed E-state index contributed by atoms with van der Waals surface area (Å²) in [5.74, 6) is 0.907. The van der Waals surface area contributed by atoms with E-state index in [-0.39, 0.29) is 0 Å². The smallest absolute Gasteiger partial charge is 0.239 e. The van der Waals surface area contributed by atoms with E-state index < -0.39 is 0 Å². The number of fused-ring (bicyclic) bond motifs is 12. The highest BCUT2D eigenvalue weighted by Gasteiger charge is 2.11. The molecule has 0 N–H and O–H groups in total. The molecule has 0 saturated carbocycles. The fourth-order valence-electron chi connectivity index (χ4n) is 10.4. The highest BCUT2D eigenvalue weighted by Crippen LogP contribution is 2.27. The first-order valence-corrected chi connectivity index (χ1v) is 26.0. The Bertz CT molecular complexity index is 3680.